The monoisotopic (exact) mass is 339 g/mol. The Hall–Kier alpha value is -0.260. The number of hydrogen-bond acceptors (Lipinski definition) is 2. The highest BCUT2D eigenvalue weighted by Crippen LogP contribution is 2.32. The van der Waals surface area contributed by atoms with E-state index in [9.17, 15) is 0 Å². The second-order valence-electron chi connectivity index (χ2n) is 2.59. The van der Waals surface area contributed by atoms with Gasteiger partial charge in [-0.25, -0.2) is 4.98 Å². The fourth-order valence-corrected chi connectivity index (χ4v) is 1.86. The van der Waals surface area contributed by atoms with Gasteiger partial charge >= 0.3 is 0 Å². The number of aromatic nitrogens is 1. The zero-order valence-electron chi connectivity index (χ0n) is 6.80. The lowest BCUT2D eigenvalue weighted by atomic mass is 10.2. The van der Waals surface area contributed by atoms with Crippen LogP contribution in [0.3, 0.4) is 0 Å². The summed E-state index contributed by atoms with van der Waals surface area (Å²) in [7, 11) is 0. The summed E-state index contributed by atoms with van der Waals surface area (Å²) in [4.78, 5) is 4.16. The topological polar surface area (TPSA) is 26.0 Å². The number of hydrogen-bond donors (Lipinski definition) is 0. The molecular weight excluding hydrogens is 336 g/mol. The van der Waals surface area contributed by atoms with E-state index in [0.29, 0.717) is 19.6 Å². The molecule has 0 bridgehead atoms. The molecule has 1 heterocycles. The SMILES string of the molecule is Clc1cccc(-c2coc(I)n2)c1Cl. The van der Waals surface area contributed by atoms with Crippen LogP contribution in [0.15, 0.2) is 28.9 Å². The molecule has 14 heavy (non-hydrogen) atoms. The first-order valence-electron chi connectivity index (χ1n) is 3.74. The molecule has 0 aliphatic rings. The van der Waals surface area contributed by atoms with Crippen molar-refractivity contribution in [3.05, 3.63) is 38.4 Å². The number of nitrogens with zero attached hydrogens (tertiary/aromatic N) is 1. The van der Waals surface area contributed by atoms with E-state index in [-0.39, 0.29) is 0 Å². The summed E-state index contributed by atoms with van der Waals surface area (Å²) >= 11 is 13.9. The molecule has 1 aromatic carbocycles. The Labute approximate surface area is 104 Å². The molecule has 1 aromatic heterocycles. The van der Waals surface area contributed by atoms with Crippen LogP contribution < -0.4 is 0 Å². The third kappa shape index (κ3) is 1.89. The van der Waals surface area contributed by atoms with E-state index in [2.05, 4.69) is 4.98 Å². The van der Waals surface area contributed by atoms with Gasteiger partial charge in [0, 0.05) is 28.2 Å². The van der Waals surface area contributed by atoms with E-state index in [0.717, 1.165) is 5.56 Å². The van der Waals surface area contributed by atoms with E-state index in [1.165, 1.54) is 0 Å². The molecule has 2 nitrogen and oxygen atoms in total. The van der Waals surface area contributed by atoms with Crippen molar-refractivity contribution in [1.29, 1.82) is 0 Å². The van der Waals surface area contributed by atoms with Crippen LogP contribution in [0.1, 0.15) is 0 Å². The molecular formula is C9H4Cl2INO. The smallest absolute Gasteiger partial charge is 0.257 e. The van der Waals surface area contributed by atoms with E-state index in [1.54, 1.807) is 12.3 Å². The Morgan fingerprint density at radius 1 is 1.29 bits per heavy atom. The molecule has 0 unspecified atom stereocenters. The molecule has 0 atom stereocenters. The van der Waals surface area contributed by atoms with Crippen molar-refractivity contribution >= 4 is 45.8 Å². The Bertz CT molecular complexity index is 470. The number of halogens is 3. The van der Waals surface area contributed by atoms with Gasteiger partial charge in [0.05, 0.1) is 10.0 Å². The van der Waals surface area contributed by atoms with Gasteiger partial charge in [-0.2, -0.15) is 0 Å². The van der Waals surface area contributed by atoms with Gasteiger partial charge in [0.25, 0.3) is 3.90 Å². The highest BCUT2D eigenvalue weighted by molar-refractivity contribution is 14.1. The molecule has 0 fully saturated rings. The van der Waals surface area contributed by atoms with Crippen molar-refractivity contribution in [3.8, 4) is 11.3 Å². The zero-order chi connectivity index (χ0) is 10.1. The van der Waals surface area contributed by atoms with Crippen molar-refractivity contribution < 1.29 is 4.42 Å². The van der Waals surface area contributed by atoms with Gasteiger partial charge < -0.3 is 4.42 Å². The summed E-state index contributed by atoms with van der Waals surface area (Å²) in [5.74, 6) is 0. The molecule has 0 saturated carbocycles. The third-order valence-corrected chi connectivity index (χ3v) is 3.02. The standard InChI is InChI=1S/C9H4Cl2INO/c10-6-3-1-2-5(8(6)11)7-4-14-9(12)13-7/h1-4H. The molecule has 0 N–H and O–H groups in total. The van der Waals surface area contributed by atoms with Crippen LogP contribution in [0.4, 0.5) is 0 Å². The lowest BCUT2D eigenvalue weighted by Crippen LogP contribution is -1.80. The second-order valence-corrected chi connectivity index (χ2v) is 4.30. The highest BCUT2D eigenvalue weighted by atomic mass is 127. The van der Waals surface area contributed by atoms with Crippen LogP contribution in [-0.2, 0) is 0 Å². The van der Waals surface area contributed by atoms with Crippen LogP contribution in [0, 0.1) is 3.90 Å². The number of rotatable bonds is 1. The quantitative estimate of drug-likeness (QED) is 0.726. The van der Waals surface area contributed by atoms with Crippen LogP contribution in [-0.4, -0.2) is 4.98 Å². The normalized spacial score (nSPS) is 10.5. The molecule has 0 amide bonds. The first-order valence-corrected chi connectivity index (χ1v) is 5.57. The third-order valence-electron chi connectivity index (χ3n) is 1.70. The maximum atomic E-state index is 6.02. The van der Waals surface area contributed by atoms with E-state index < -0.39 is 0 Å². The average Bonchev–Trinajstić information content (AvgIpc) is 2.57. The van der Waals surface area contributed by atoms with Crippen LogP contribution in [0.2, 0.25) is 10.0 Å². The van der Waals surface area contributed by atoms with Crippen LogP contribution in [0.25, 0.3) is 11.3 Å². The largest absolute Gasteiger partial charge is 0.440 e. The van der Waals surface area contributed by atoms with Crippen molar-refractivity contribution in [3.63, 3.8) is 0 Å². The Balaban J connectivity index is 2.57. The zero-order valence-corrected chi connectivity index (χ0v) is 10.5. The van der Waals surface area contributed by atoms with Gasteiger partial charge in [-0.1, -0.05) is 35.3 Å². The minimum absolute atomic E-state index is 0.499. The fraction of sp³-hybridized carbons (Fsp3) is 0. The summed E-state index contributed by atoms with van der Waals surface area (Å²) in [5, 5.41) is 1.01. The van der Waals surface area contributed by atoms with Gasteiger partial charge in [0.2, 0.25) is 0 Å². The summed E-state index contributed by atoms with van der Waals surface area (Å²) in [5.41, 5.74) is 1.48. The van der Waals surface area contributed by atoms with Gasteiger partial charge in [0.1, 0.15) is 12.0 Å². The predicted octanol–water partition coefficient (Wildman–Crippen LogP) is 4.25. The van der Waals surface area contributed by atoms with Crippen molar-refractivity contribution in [2.45, 2.75) is 0 Å². The first-order chi connectivity index (χ1) is 6.68. The van der Waals surface area contributed by atoms with E-state index in [1.807, 2.05) is 34.7 Å². The molecule has 72 valence electrons. The molecule has 0 saturated heterocycles. The maximum absolute atomic E-state index is 6.02. The molecule has 0 radical (unpaired) electrons. The lowest BCUT2D eigenvalue weighted by molar-refractivity contribution is 0.525. The molecule has 0 aliphatic heterocycles. The van der Waals surface area contributed by atoms with Gasteiger partial charge in [-0.15, -0.1) is 0 Å². The molecule has 0 spiro atoms. The summed E-state index contributed by atoms with van der Waals surface area (Å²) in [6.07, 6.45) is 1.55. The van der Waals surface area contributed by atoms with Gasteiger partial charge in [-0.05, 0) is 6.07 Å². The summed E-state index contributed by atoms with van der Waals surface area (Å²) < 4.78 is 5.67. The number of benzene rings is 1. The van der Waals surface area contributed by atoms with Crippen molar-refractivity contribution in [2.75, 3.05) is 0 Å². The second kappa shape index (κ2) is 4.08. The summed E-state index contributed by atoms with van der Waals surface area (Å²) in [6.45, 7) is 0. The number of oxazole rings is 1. The molecule has 5 heteroatoms. The highest BCUT2D eigenvalue weighted by Gasteiger charge is 2.10. The van der Waals surface area contributed by atoms with Crippen molar-refractivity contribution in [2.24, 2.45) is 0 Å². The average molecular weight is 340 g/mol. The van der Waals surface area contributed by atoms with Gasteiger partial charge in [-0.3, -0.25) is 0 Å². The Morgan fingerprint density at radius 2 is 2.07 bits per heavy atom. The van der Waals surface area contributed by atoms with Gasteiger partial charge in [0.15, 0.2) is 0 Å². The van der Waals surface area contributed by atoms with Crippen molar-refractivity contribution in [1.82, 2.24) is 4.98 Å². The van der Waals surface area contributed by atoms with E-state index >= 15 is 0 Å². The first kappa shape index (κ1) is 10.3. The minimum Gasteiger partial charge on any atom is -0.440 e. The summed E-state index contributed by atoms with van der Waals surface area (Å²) in [6, 6.07) is 5.41. The van der Waals surface area contributed by atoms with Crippen LogP contribution in [0.5, 0.6) is 0 Å². The fourth-order valence-electron chi connectivity index (χ4n) is 1.08. The molecule has 0 aliphatic carbocycles. The minimum atomic E-state index is 0.499. The molecule has 2 rings (SSSR count). The maximum Gasteiger partial charge on any atom is 0.257 e. The lowest BCUT2D eigenvalue weighted by Gasteiger charge is -2.00. The predicted molar refractivity (Wildman–Crippen MR) is 64.7 cm³/mol. The Kier molecular flexibility index (Phi) is 2.99. The van der Waals surface area contributed by atoms with Crippen LogP contribution >= 0.6 is 45.8 Å². The Morgan fingerprint density at radius 3 is 2.71 bits per heavy atom. The van der Waals surface area contributed by atoms with E-state index in [4.69, 9.17) is 27.6 Å². The molecule has 2 aromatic rings.